The van der Waals surface area contributed by atoms with Crippen LogP contribution < -0.4 is 21.7 Å². The van der Waals surface area contributed by atoms with Crippen LogP contribution in [0.3, 0.4) is 0 Å². The highest BCUT2D eigenvalue weighted by atomic mass is 32.1. The maximum Gasteiger partial charge on any atom is 0.327 e. The molecule has 0 aliphatic heterocycles. The molecular formula is C14H24N4O8S. The Morgan fingerprint density at radius 3 is 1.96 bits per heavy atom. The van der Waals surface area contributed by atoms with Gasteiger partial charge in [0.25, 0.3) is 0 Å². The number of aliphatic hydroxyl groups excluding tert-OH is 1. The highest BCUT2D eigenvalue weighted by molar-refractivity contribution is 7.80. The number of hydrogen-bond acceptors (Lipinski definition) is 8. The summed E-state index contributed by atoms with van der Waals surface area (Å²) >= 11 is 3.77. The number of thiol groups is 1. The van der Waals surface area contributed by atoms with Gasteiger partial charge in [-0.3, -0.25) is 19.2 Å². The number of rotatable bonds is 12. The normalized spacial score (nSPS) is 15.0. The molecule has 0 radical (unpaired) electrons. The lowest BCUT2D eigenvalue weighted by molar-refractivity contribution is -0.142. The molecule has 0 saturated carbocycles. The van der Waals surface area contributed by atoms with E-state index >= 15 is 0 Å². The smallest absolute Gasteiger partial charge is 0.327 e. The van der Waals surface area contributed by atoms with Crippen LogP contribution in [0.4, 0.5) is 0 Å². The molecule has 4 atom stereocenters. The average molecular weight is 408 g/mol. The first kappa shape index (κ1) is 24.6. The Labute approximate surface area is 160 Å². The fourth-order valence-corrected chi connectivity index (χ4v) is 1.99. The van der Waals surface area contributed by atoms with Crippen LogP contribution in [-0.4, -0.2) is 81.5 Å². The number of nitrogens with one attached hydrogen (secondary N) is 3. The Morgan fingerprint density at radius 1 is 0.963 bits per heavy atom. The van der Waals surface area contributed by atoms with Crippen molar-refractivity contribution in [1.29, 1.82) is 0 Å². The second-order valence-corrected chi connectivity index (χ2v) is 5.96. The molecule has 13 heteroatoms. The third kappa shape index (κ3) is 9.21. The topological polar surface area (TPSA) is 208 Å². The van der Waals surface area contributed by atoms with E-state index in [1.54, 1.807) is 0 Å². The molecule has 27 heavy (non-hydrogen) atoms. The summed E-state index contributed by atoms with van der Waals surface area (Å²) in [4.78, 5) is 57.1. The number of aliphatic hydroxyl groups is 1. The minimum Gasteiger partial charge on any atom is -0.481 e. The fourth-order valence-electron chi connectivity index (χ4n) is 1.74. The zero-order chi connectivity index (χ0) is 21.1. The number of nitrogens with two attached hydrogens (primary N) is 1. The van der Waals surface area contributed by atoms with Gasteiger partial charge in [-0.1, -0.05) is 0 Å². The van der Waals surface area contributed by atoms with Gasteiger partial charge in [-0.05, 0) is 13.3 Å². The van der Waals surface area contributed by atoms with E-state index < -0.39 is 60.4 Å². The molecule has 4 unspecified atom stereocenters. The minimum absolute atomic E-state index is 0.127. The Balaban J connectivity index is 4.68. The first-order valence-corrected chi connectivity index (χ1v) is 8.49. The van der Waals surface area contributed by atoms with Crippen molar-refractivity contribution in [2.75, 3.05) is 12.4 Å². The SMILES string of the molecule is CC(NC(=O)C(N)CCC(=O)O)C(=O)NC(CO)C(=O)NC(CS)C(=O)O. The second kappa shape index (κ2) is 12.1. The molecule has 12 nitrogen and oxygen atoms in total. The van der Waals surface area contributed by atoms with E-state index in [9.17, 15) is 29.1 Å². The molecule has 0 fully saturated rings. The number of carboxylic acids is 2. The van der Waals surface area contributed by atoms with Crippen LogP contribution in [0, 0.1) is 0 Å². The van der Waals surface area contributed by atoms with E-state index in [1.165, 1.54) is 6.92 Å². The Bertz CT molecular complexity index is 573. The lowest BCUT2D eigenvalue weighted by Crippen LogP contribution is -2.57. The van der Waals surface area contributed by atoms with Crippen LogP contribution in [0.2, 0.25) is 0 Å². The Kier molecular flexibility index (Phi) is 11.0. The minimum atomic E-state index is -1.45. The molecule has 8 N–H and O–H groups in total. The Hall–Kier alpha value is -2.38. The van der Waals surface area contributed by atoms with Gasteiger partial charge in [0, 0.05) is 12.2 Å². The molecule has 0 saturated heterocycles. The molecular weight excluding hydrogens is 384 g/mol. The van der Waals surface area contributed by atoms with Gasteiger partial charge in [-0.25, -0.2) is 4.79 Å². The Morgan fingerprint density at radius 2 is 1.52 bits per heavy atom. The molecule has 0 aromatic heterocycles. The molecule has 0 aromatic rings. The van der Waals surface area contributed by atoms with E-state index in [4.69, 9.17) is 15.9 Å². The van der Waals surface area contributed by atoms with Crippen LogP contribution in [0.5, 0.6) is 0 Å². The summed E-state index contributed by atoms with van der Waals surface area (Å²) < 4.78 is 0. The highest BCUT2D eigenvalue weighted by Crippen LogP contribution is 1.97. The van der Waals surface area contributed by atoms with Crippen LogP contribution >= 0.6 is 12.6 Å². The summed E-state index contributed by atoms with van der Waals surface area (Å²) in [7, 11) is 0. The van der Waals surface area contributed by atoms with E-state index in [2.05, 4.69) is 28.6 Å². The van der Waals surface area contributed by atoms with Crippen LogP contribution in [0.15, 0.2) is 0 Å². The zero-order valence-electron chi connectivity index (χ0n) is 14.5. The summed E-state index contributed by atoms with van der Waals surface area (Å²) in [6, 6.07) is -5.04. The number of hydrogen-bond donors (Lipinski definition) is 8. The molecule has 0 aliphatic carbocycles. The van der Waals surface area contributed by atoms with Crippen molar-refractivity contribution < 1.29 is 39.3 Å². The molecule has 0 aromatic carbocycles. The number of carbonyl (C=O) groups excluding carboxylic acids is 3. The van der Waals surface area contributed by atoms with Gasteiger partial charge in [0.15, 0.2) is 0 Å². The molecule has 0 bridgehead atoms. The quantitative estimate of drug-likeness (QED) is 0.152. The van der Waals surface area contributed by atoms with Crippen molar-refractivity contribution in [3.05, 3.63) is 0 Å². The third-order valence-electron chi connectivity index (χ3n) is 3.37. The van der Waals surface area contributed by atoms with Gasteiger partial charge < -0.3 is 37.0 Å². The highest BCUT2D eigenvalue weighted by Gasteiger charge is 2.27. The molecule has 0 heterocycles. The van der Waals surface area contributed by atoms with Crippen molar-refractivity contribution in [3.8, 4) is 0 Å². The number of amides is 3. The molecule has 0 spiro atoms. The van der Waals surface area contributed by atoms with E-state index in [-0.39, 0.29) is 18.6 Å². The summed E-state index contributed by atoms with van der Waals surface area (Å²) in [5, 5.41) is 33.2. The van der Waals surface area contributed by atoms with Gasteiger partial charge in [-0.15, -0.1) is 0 Å². The largest absolute Gasteiger partial charge is 0.481 e. The standard InChI is InChI=1S/C14H24N4O8S/c1-6(16-12(23)7(15)2-3-10(20)21)11(22)17-8(4-19)13(24)18-9(5-27)14(25)26/h6-9,19,27H,2-5,15H2,1H3,(H,16,23)(H,17,22)(H,18,24)(H,20,21)(H,25,26). The van der Waals surface area contributed by atoms with Crippen molar-refractivity contribution in [1.82, 2.24) is 16.0 Å². The number of carboxylic acid groups (broad SMARTS) is 2. The number of carbonyl (C=O) groups is 5. The summed E-state index contributed by atoms with van der Waals surface area (Å²) in [5.74, 6) is -5.19. The average Bonchev–Trinajstić information content (AvgIpc) is 2.60. The van der Waals surface area contributed by atoms with Crippen molar-refractivity contribution in [2.45, 2.75) is 43.9 Å². The lowest BCUT2D eigenvalue weighted by Gasteiger charge is -2.22. The first-order valence-electron chi connectivity index (χ1n) is 7.86. The van der Waals surface area contributed by atoms with Crippen LogP contribution in [0.1, 0.15) is 19.8 Å². The summed E-state index contributed by atoms with van der Waals surface area (Å²) in [5.41, 5.74) is 5.51. The zero-order valence-corrected chi connectivity index (χ0v) is 15.4. The summed E-state index contributed by atoms with van der Waals surface area (Å²) in [6.07, 6.45) is -0.449. The van der Waals surface area contributed by atoms with Gasteiger partial charge in [0.1, 0.15) is 18.1 Å². The van der Waals surface area contributed by atoms with Gasteiger partial charge in [0.2, 0.25) is 17.7 Å². The third-order valence-corrected chi connectivity index (χ3v) is 3.74. The predicted octanol–water partition coefficient (Wildman–Crippen LogP) is -3.34. The van der Waals surface area contributed by atoms with Crippen molar-refractivity contribution in [2.24, 2.45) is 5.73 Å². The van der Waals surface area contributed by atoms with Crippen LogP contribution in [-0.2, 0) is 24.0 Å². The van der Waals surface area contributed by atoms with Gasteiger partial charge >= 0.3 is 11.9 Å². The second-order valence-electron chi connectivity index (χ2n) is 5.59. The van der Waals surface area contributed by atoms with Gasteiger partial charge in [0.05, 0.1) is 12.6 Å². The maximum atomic E-state index is 12.0. The molecule has 154 valence electrons. The van der Waals surface area contributed by atoms with Gasteiger partial charge in [-0.2, -0.15) is 12.6 Å². The lowest BCUT2D eigenvalue weighted by atomic mass is 10.1. The van der Waals surface area contributed by atoms with E-state index in [1.807, 2.05) is 0 Å². The van der Waals surface area contributed by atoms with E-state index in [0.717, 1.165) is 0 Å². The monoisotopic (exact) mass is 408 g/mol. The number of aliphatic carboxylic acids is 2. The molecule has 0 aliphatic rings. The first-order chi connectivity index (χ1) is 12.5. The van der Waals surface area contributed by atoms with Crippen LogP contribution in [0.25, 0.3) is 0 Å². The molecule has 0 rings (SSSR count). The molecule has 3 amide bonds. The van der Waals surface area contributed by atoms with Crippen molar-refractivity contribution >= 4 is 42.3 Å². The van der Waals surface area contributed by atoms with Crippen molar-refractivity contribution in [3.63, 3.8) is 0 Å². The predicted molar refractivity (Wildman–Crippen MR) is 94.9 cm³/mol. The van der Waals surface area contributed by atoms with E-state index in [0.29, 0.717) is 0 Å². The fraction of sp³-hybridized carbons (Fsp3) is 0.643. The summed E-state index contributed by atoms with van der Waals surface area (Å²) in [6.45, 7) is 0.479. The maximum absolute atomic E-state index is 12.0.